The Morgan fingerprint density at radius 3 is 2.74 bits per heavy atom. The molecule has 1 saturated carbocycles. The summed E-state index contributed by atoms with van der Waals surface area (Å²) in [7, 11) is 0. The first-order valence-electron chi connectivity index (χ1n) is 8.20. The van der Waals surface area contributed by atoms with Crippen LogP contribution in [0.2, 0.25) is 0 Å². The lowest BCUT2D eigenvalue weighted by Gasteiger charge is -2.19. The highest BCUT2D eigenvalue weighted by molar-refractivity contribution is 7.13. The zero-order chi connectivity index (χ0) is 16.1. The Labute approximate surface area is 140 Å². The highest BCUT2D eigenvalue weighted by Crippen LogP contribution is 2.34. The van der Waals surface area contributed by atoms with Gasteiger partial charge in [-0.3, -0.25) is 10.1 Å². The molecule has 0 radical (unpaired) electrons. The third kappa shape index (κ3) is 4.32. The first-order valence-corrected chi connectivity index (χ1v) is 9.08. The molecule has 3 rings (SSSR count). The predicted molar refractivity (Wildman–Crippen MR) is 93.1 cm³/mol. The van der Waals surface area contributed by atoms with Gasteiger partial charge in [0.05, 0.1) is 5.69 Å². The number of ether oxygens (including phenoxy) is 1. The summed E-state index contributed by atoms with van der Waals surface area (Å²) in [6.45, 7) is 1.75. The van der Waals surface area contributed by atoms with E-state index in [0.717, 1.165) is 5.69 Å². The second-order valence-electron chi connectivity index (χ2n) is 5.97. The smallest absolute Gasteiger partial charge is 0.266 e. The largest absolute Gasteiger partial charge is 0.481 e. The third-order valence-electron chi connectivity index (χ3n) is 4.20. The summed E-state index contributed by atoms with van der Waals surface area (Å²) in [4.78, 5) is 16.8. The van der Waals surface area contributed by atoms with Crippen molar-refractivity contribution in [2.45, 2.75) is 51.0 Å². The fraction of sp³-hybridized carbons (Fsp3) is 0.444. The minimum atomic E-state index is -0.556. The van der Waals surface area contributed by atoms with Gasteiger partial charge in [0, 0.05) is 11.3 Å². The van der Waals surface area contributed by atoms with Crippen molar-refractivity contribution in [2.24, 2.45) is 0 Å². The van der Waals surface area contributed by atoms with Crippen LogP contribution < -0.4 is 10.1 Å². The van der Waals surface area contributed by atoms with E-state index in [0.29, 0.717) is 16.8 Å². The van der Waals surface area contributed by atoms with Crippen LogP contribution in [0.15, 0.2) is 35.7 Å². The van der Waals surface area contributed by atoms with Gasteiger partial charge in [0.2, 0.25) is 0 Å². The van der Waals surface area contributed by atoms with Gasteiger partial charge in [-0.15, -0.1) is 11.3 Å². The van der Waals surface area contributed by atoms with Crippen LogP contribution in [0.25, 0.3) is 0 Å². The van der Waals surface area contributed by atoms with Crippen molar-refractivity contribution >= 4 is 22.4 Å². The Hall–Kier alpha value is -1.88. The molecule has 1 aromatic carbocycles. The minimum Gasteiger partial charge on any atom is -0.481 e. The molecule has 1 heterocycles. The van der Waals surface area contributed by atoms with Crippen LogP contribution in [0.1, 0.15) is 50.6 Å². The fourth-order valence-corrected chi connectivity index (χ4v) is 3.69. The molecule has 0 spiro atoms. The van der Waals surface area contributed by atoms with Gasteiger partial charge in [0.1, 0.15) is 5.75 Å². The van der Waals surface area contributed by atoms with Crippen LogP contribution in [-0.2, 0) is 4.79 Å². The number of nitrogens with one attached hydrogen (secondary N) is 1. The number of hydrogen-bond acceptors (Lipinski definition) is 4. The predicted octanol–water partition coefficient (Wildman–Crippen LogP) is 4.60. The van der Waals surface area contributed by atoms with Gasteiger partial charge in [-0.25, -0.2) is 4.98 Å². The Morgan fingerprint density at radius 2 is 2.00 bits per heavy atom. The lowest BCUT2D eigenvalue weighted by molar-refractivity contribution is -0.122. The van der Waals surface area contributed by atoms with Gasteiger partial charge >= 0.3 is 0 Å². The van der Waals surface area contributed by atoms with Gasteiger partial charge in [0.15, 0.2) is 11.2 Å². The fourth-order valence-electron chi connectivity index (χ4n) is 2.89. The number of hydrogen-bond donors (Lipinski definition) is 1. The highest BCUT2D eigenvalue weighted by atomic mass is 32.1. The summed E-state index contributed by atoms with van der Waals surface area (Å²) < 4.78 is 5.64. The molecule has 1 N–H and O–H groups in total. The third-order valence-corrected chi connectivity index (χ3v) is 4.98. The lowest BCUT2D eigenvalue weighted by Crippen LogP contribution is -2.30. The minimum absolute atomic E-state index is 0.168. The van der Waals surface area contributed by atoms with Crippen LogP contribution in [0, 0.1) is 0 Å². The molecular formula is C18H22N2O2S. The Bertz CT molecular complexity index is 635. The maximum Gasteiger partial charge on any atom is 0.266 e. The number of benzene rings is 1. The zero-order valence-electron chi connectivity index (χ0n) is 13.3. The number of amides is 1. The van der Waals surface area contributed by atoms with Crippen molar-refractivity contribution in [2.75, 3.05) is 5.32 Å². The van der Waals surface area contributed by atoms with Gasteiger partial charge in [-0.1, -0.05) is 37.5 Å². The summed E-state index contributed by atoms with van der Waals surface area (Å²) in [5.74, 6) is 1.08. The maximum absolute atomic E-state index is 12.2. The Kier molecular flexibility index (Phi) is 5.28. The lowest BCUT2D eigenvalue weighted by atomic mass is 9.87. The zero-order valence-corrected chi connectivity index (χ0v) is 14.1. The Balaban J connectivity index is 1.56. The first-order chi connectivity index (χ1) is 11.2. The molecular weight excluding hydrogens is 308 g/mol. The highest BCUT2D eigenvalue weighted by Gasteiger charge is 2.20. The average molecular weight is 330 g/mol. The van der Waals surface area contributed by atoms with Crippen molar-refractivity contribution in [3.05, 3.63) is 41.4 Å². The molecule has 5 heteroatoms. The molecule has 1 aliphatic rings. The monoisotopic (exact) mass is 330 g/mol. The number of anilines is 1. The number of rotatable bonds is 5. The van der Waals surface area contributed by atoms with E-state index in [1.807, 2.05) is 30.3 Å². The van der Waals surface area contributed by atoms with E-state index in [4.69, 9.17) is 4.74 Å². The summed E-state index contributed by atoms with van der Waals surface area (Å²) in [5, 5.41) is 5.61. The van der Waals surface area contributed by atoms with Gasteiger partial charge < -0.3 is 4.74 Å². The molecule has 0 bridgehead atoms. The van der Waals surface area contributed by atoms with Crippen LogP contribution in [0.3, 0.4) is 0 Å². The van der Waals surface area contributed by atoms with E-state index in [1.165, 1.54) is 43.4 Å². The summed E-state index contributed by atoms with van der Waals surface area (Å²) in [5.41, 5.74) is 1.13. The molecule has 4 nitrogen and oxygen atoms in total. The number of nitrogens with zero attached hydrogens (tertiary/aromatic N) is 1. The van der Waals surface area contributed by atoms with Gasteiger partial charge in [-0.2, -0.15) is 0 Å². The molecule has 23 heavy (non-hydrogen) atoms. The molecule has 1 amide bonds. The first kappa shape index (κ1) is 16.0. The SMILES string of the molecule is CC(Oc1ccccc1)C(=O)Nc1nc(C2CCCCC2)cs1. The van der Waals surface area contributed by atoms with Crippen LogP contribution in [0.4, 0.5) is 5.13 Å². The number of carbonyl (C=O) groups is 1. The quantitative estimate of drug-likeness (QED) is 0.872. The molecule has 0 saturated heterocycles. The standard InChI is InChI=1S/C18H22N2O2S/c1-13(22-15-10-6-3-7-11-15)17(21)20-18-19-16(12-23-18)14-8-4-2-5-9-14/h3,6-7,10-14H,2,4-5,8-9H2,1H3,(H,19,20,21). The average Bonchev–Trinajstić information content (AvgIpc) is 3.05. The van der Waals surface area contributed by atoms with Gasteiger partial charge in [-0.05, 0) is 31.9 Å². The van der Waals surface area contributed by atoms with E-state index >= 15 is 0 Å². The van der Waals surface area contributed by atoms with Crippen molar-refractivity contribution in [3.63, 3.8) is 0 Å². The summed E-state index contributed by atoms with van der Waals surface area (Å²) >= 11 is 1.50. The van der Waals surface area contributed by atoms with Crippen LogP contribution in [-0.4, -0.2) is 17.0 Å². The van der Waals surface area contributed by atoms with Crippen LogP contribution in [0.5, 0.6) is 5.75 Å². The molecule has 2 aromatic rings. The van der Waals surface area contributed by atoms with E-state index in [-0.39, 0.29) is 5.91 Å². The molecule has 122 valence electrons. The maximum atomic E-state index is 12.2. The molecule has 1 aliphatic carbocycles. The second-order valence-corrected chi connectivity index (χ2v) is 6.83. The van der Waals surface area contributed by atoms with E-state index in [1.54, 1.807) is 6.92 Å². The van der Waals surface area contributed by atoms with Crippen molar-refractivity contribution in [1.29, 1.82) is 0 Å². The molecule has 1 aromatic heterocycles. The molecule has 1 atom stereocenters. The van der Waals surface area contributed by atoms with E-state index in [9.17, 15) is 4.79 Å². The Morgan fingerprint density at radius 1 is 1.26 bits per heavy atom. The number of aromatic nitrogens is 1. The molecule has 0 aliphatic heterocycles. The molecule has 1 unspecified atom stereocenters. The number of carbonyl (C=O) groups excluding carboxylic acids is 1. The van der Waals surface area contributed by atoms with Crippen molar-refractivity contribution < 1.29 is 9.53 Å². The summed E-state index contributed by atoms with van der Waals surface area (Å²) in [6.07, 6.45) is 5.77. The normalized spacial score (nSPS) is 16.7. The van der Waals surface area contributed by atoms with Crippen LogP contribution >= 0.6 is 11.3 Å². The molecule has 1 fully saturated rings. The number of thiazole rings is 1. The van der Waals surface area contributed by atoms with Crippen molar-refractivity contribution in [3.8, 4) is 5.75 Å². The summed E-state index contributed by atoms with van der Waals surface area (Å²) in [6, 6.07) is 9.37. The topological polar surface area (TPSA) is 51.2 Å². The van der Waals surface area contributed by atoms with Gasteiger partial charge in [0.25, 0.3) is 5.91 Å². The van der Waals surface area contributed by atoms with E-state index < -0.39 is 6.10 Å². The van der Waals surface area contributed by atoms with Crippen molar-refractivity contribution in [1.82, 2.24) is 4.98 Å². The number of para-hydroxylation sites is 1. The second kappa shape index (κ2) is 7.59. The van der Waals surface area contributed by atoms with E-state index in [2.05, 4.69) is 15.7 Å².